The zero-order valence-electron chi connectivity index (χ0n) is 7.23. The maximum atomic E-state index is 12.3. The number of alkyl halides is 3. The average molecular weight is 317 g/mol. The van der Waals surface area contributed by atoms with Crippen LogP contribution in [-0.2, 0) is 6.18 Å². The van der Waals surface area contributed by atoms with E-state index in [1.807, 2.05) is 0 Å². The molecule has 0 spiro atoms. The minimum absolute atomic E-state index is 0.194. The molecule has 0 radical (unpaired) electrons. The molecule has 0 fully saturated rings. The Kier molecular flexibility index (Phi) is 3.57. The molecule has 0 saturated heterocycles. The van der Waals surface area contributed by atoms with Crippen LogP contribution in [0.25, 0.3) is 0 Å². The van der Waals surface area contributed by atoms with Crippen LogP contribution in [0.1, 0.15) is 12.6 Å². The minimum atomic E-state index is -4.42. The molecular formula is C8H7F3INO. The summed E-state index contributed by atoms with van der Waals surface area (Å²) in [4.78, 5) is 3.37. The summed E-state index contributed by atoms with van der Waals surface area (Å²) in [6.45, 7) is 2.04. The first-order valence-corrected chi connectivity index (χ1v) is 4.89. The molecule has 0 aromatic carbocycles. The maximum absolute atomic E-state index is 12.3. The Morgan fingerprint density at radius 3 is 2.57 bits per heavy atom. The summed E-state index contributed by atoms with van der Waals surface area (Å²) in [5.74, 6) is 0.194. The van der Waals surface area contributed by atoms with E-state index >= 15 is 0 Å². The van der Waals surface area contributed by atoms with Crippen molar-refractivity contribution in [2.24, 2.45) is 0 Å². The number of hydrogen-bond donors (Lipinski definition) is 0. The predicted molar refractivity (Wildman–Crippen MR) is 53.1 cm³/mol. The minimum Gasteiger partial charge on any atom is -0.494 e. The molecule has 6 heteroatoms. The largest absolute Gasteiger partial charge is 0.494 e. The van der Waals surface area contributed by atoms with Crippen LogP contribution in [-0.4, -0.2) is 11.6 Å². The van der Waals surface area contributed by atoms with Crippen LogP contribution < -0.4 is 4.74 Å². The maximum Gasteiger partial charge on any atom is 0.433 e. The molecule has 0 aliphatic carbocycles. The second-order valence-electron chi connectivity index (χ2n) is 2.44. The van der Waals surface area contributed by atoms with Crippen molar-refractivity contribution in [2.75, 3.05) is 6.61 Å². The van der Waals surface area contributed by atoms with Crippen molar-refractivity contribution in [3.05, 3.63) is 21.5 Å². The number of pyridine rings is 1. The molecule has 0 unspecified atom stereocenters. The first-order chi connectivity index (χ1) is 6.43. The Hall–Kier alpha value is -0.530. The van der Waals surface area contributed by atoms with E-state index in [0.717, 1.165) is 6.07 Å². The van der Waals surface area contributed by atoms with Gasteiger partial charge in [0.05, 0.1) is 6.61 Å². The molecule has 0 atom stereocenters. The molecule has 0 amide bonds. The number of aromatic nitrogens is 1. The van der Waals surface area contributed by atoms with Gasteiger partial charge in [0.15, 0.2) is 0 Å². The lowest BCUT2D eigenvalue weighted by Crippen LogP contribution is -2.09. The zero-order chi connectivity index (χ0) is 10.8. The fourth-order valence-electron chi connectivity index (χ4n) is 0.869. The normalized spacial score (nSPS) is 11.5. The van der Waals surface area contributed by atoms with E-state index in [2.05, 4.69) is 4.98 Å². The number of nitrogens with zero attached hydrogens (tertiary/aromatic N) is 1. The Morgan fingerprint density at radius 2 is 2.07 bits per heavy atom. The highest BCUT2D eigenvalue weighted by molar-refractivity contribution is 14.1. The summed E-state index contributed by atoms with van der Waals surface area (Å²) < 4.78 is 42.0. The number of ether oxygens (including phenoxy) is 1. The van der Waals surface area contributed by atoms with Gasteiger partial charge in [-0.1, -0.05) is 0 Å². The fraction of sp³-hybridized carbons (Fsp3) is 0.375. The van der Waals surface area contributed by atoms with Crippen molar-refractivity contribution in [3.63, 3.8) is 0 Å². The van der Waals surface area contributed by atoms with Crippen LogP contribution in [0.3, 0.4) is 0 Å². The molecule has 0 aliphatic rings. The Labute approximate surface area is 92.6 Å². The fourth-order valence-corrected chi connectivity index (χ4v) is 1.44. The van der Waals surface area contributed by atoms with E-state index in [0.29, 0.717) is 6.61 Å². The molecule has 0 N–H and O–H groups in total. The van der Waals surface area contributed by atoms with Gasteiger partial charge in [-0.25, -0.2) is 4.98 Å². The average Bonchev–Trinajstić information content (AvgIpc) is 2.02. The summed E-state index contributed by atoms with van der Waals surface area (Å²) in [7, 11) is 0. The summed E-state index contributed by atoms with van der Waals surface area (Å²) in [6, 6.07) is 2.35. The van der Waals surface area contributed by atoms with E-state index in [1.165, 1.54) is 6.07 Å². The van der Waals surface area contributed by atoms with Crippen LogP contribution in [0.2, 0.25) is 0 Å². The molecule has 14 heavy (non-hydrogen) atoms. The molecule has 1 aromatic rings. The number of rotatable bonds is 2. The SMILES string of the molecule is CCOc1cc(I)nc(C(F)(F)F)c1. The van der Waals surface area contributed by atoms with Crippen molar-refractivity contribution < 1.29 is 17.9 Å². The predicted octanol–water partition coefficient (Wildman–Crippen LogP) is 3.10. The van der Waals surface area contributed by atoms with Crippen LogP contribution in [0.5, 0.6) is 5.75 Å². The third kappa shape index (κ3) is 3.00. The standard InChI is InChI=1S/C8H7F3INO/c1-2-14-5-3-6(8(9,10)11)13-7(12)4-5/h3-4H,2H2,1H3. The highest BCUT2D eigenvalue weighted by atomic mass is 127. The van der Waals surface area contributed by atoms with Crippen molar-refractivity contribution >= 4 is 22.6 Å². The molecular weight excluding hydrogens is 310 g/mol. The first-order valence-electron chi connectivity index (χ1n) is 3.81. The van der Waals surface area contributed by atoms with Gasteiger partial charge in [0.1, 0.15) is 15.1 Å². The Bertz CT molecular complexity index is 327. The van der Waals surface area contributed by atoms with Gasteiger partial charge >= 0.3 is 6.18 Å². The summed E-state index contributed by atoms with van der Waals surface area (Å²) in [6.07, 6.45) is -4.42. The van der Waals surface area contributed by atoms with Crippen LogP contribution in [0, 0.1) is 3.70 Å². The van der Waals surface area contributed by atoms with Gasteiger partial charge in [-0.05, 0) is 29.5 Å². The van der Waals surface area contributed by atoms with Crippen molar-refractivity contribution in [2.45, 2.75) is 13.1 Å². The first kappa shape index (κ1) is 11.5. The van der Waals surface area contributed by atoms with Crippen molar-refractivity contribution in [1.82, 2.24) is 4.98 Å². The monoisotopic (exact) mass is 317 g/mol. The molecule has 0 aliphatic heterocycles. The van der Waals surface area contributed by atoms with Crippen LogP contribution in [0.15, 0.2) is 12.1 Å². The van der Waals surface area contributed by atoms with E-state index in [-0.39, 0.29) is 9.45 Å². The Morgan fingerprint density at radius 1 is 1.43 bits per heavy atom. The lowest BCUT2D eigenvalue weighted by atomic mass is 10.3. The summed E-state index contributed by atoms with van der Waals surface area (Å²) >= 11 is 1.72. The van der Waals surface area contributed by atoms with Gasteiger partial charge in [-0.3, -0.25) is 0 Å². The summed E-state index contributed by atoms with van der Waals surface area (Å²) in [5, 5.41) is 0. The van der Waals surface area contributed by atoms with Crippen molar-refractivity contribution in [3.8, 4) is 5.75 Å². The van der Waals surface area contributed by atoms with Gasteiger partial charge in [0.25, 0.3) is 0 Å². The highest BCUT2D eigenvalue weighted by Gasteiger charge is 2.33. The van der Waals surface area contributed by atoms with Crippen molar-refractivity contribution in [1.29, 1.82) is 0 Å². The van der Waals surface area contributed by atoms with Gasteiger partial charge in [0, 0.05) is 12.1 Å². The quantitative estimate of drug-likeness (QED) is 0.618. The zero-order valence-corrected chi connectivity index (χ0v) is 9.39. The molecule has 0 saturated carbocycles. The van der Waals surface area contributed by atoms with E-state index in [1.54, 1.807) is 29.5 Å². The van der Waals surface area contributed by atoms with E-state index in [9.17, 15) is 13.2 Å². The third-order valence-corrected chi connectivity index (χ3v) is 1.92. The van der Waals surface area contributed by atoms with Gasteiger partial charge in [-0.2, -0.15) is 13.2 Å². The Balaban J connectivity index is 3.07. The smallest absolute Gasteiger partial charge is 0.433 e. The lowest BCUT2D eigenvalue weighted by Gasteiger charge is -2.09. The van der Waals surface area contributed by atoms with E-state index in [4.69, 9.17) is 4.74 Å². The molecule has 1 rings (SSSR count). The van der Waals surface area contributed by atoms with Crippen LogP contribution in [0.4, 0.5) is 13.2 Å². The highest BCUT2D eigenvalue weighted by Crippen LogP contribution is 2.30. The molecule has 0 bridgehead atoms. The van der Waals surface area contributed by atoms with Gasteiger partial charge < -0.3 is 4.74 Å². The molecule has 1 aromatic heterocycles. The second-order valence-corrected chi connectivity index (χ2v) is 3.55. The van der Waals surface area contributed by atoms with Gasteiger partial charge in [0.2, 0.25) is 0 Å². The third-order valence-electron chi connectivity index (χ3n) is 1.37. The number of halogens is 4. The van der Waals surface area contributed by atoms with Crippen LogP contribution >= 0.6 is 22.6 Å². The van der Waals surface area contributed by atoms with E-state index < -0.39 is 11.9 Å². The molecule has 1 heterocycles. The lowest BCUT2D eigenvalue weighted by molar-refractivity contribution is -0.141. The number of hydrogen-bond acceptors (Lipinski definition) is 2. The topological polar surface area (TPSA) is 22.1 Å². The second kappa shape index (κ2) is 4.33. The molecule has 2 nitrogen and oxygen atoms in total. The molecule has 78 valence electrons. The van der Waals surface area contributed by atoms with Gasteiger partial charge in [-0.15, -0.1) is 0 Å². The summed E-state index contributed by atoms with van der Waals surface area (Å²) in [5.41, 5.74) is -0.923.